The second kappa shape index (κ2) is 5.68. The third-order valence-electron chi connectivity index (χ3n) is 3.30. The molecule has 1 N–H and O–H groups in total. The average molecular weight is 311 g/mol. The van der Waals surface area contributed by atoms with Gasteiger partial charge in [-0.1, -0.05) is 24.3 Å². The van der Waals surface area contributed by atoms with Crippen molar-refractivity contribution >= 4 is 16.9 Å². The van der Waals surface area contributed by atoms with E-state index in [1.54, 1.807) is 32.0 Å². The van der Waals surface area contributed by atoms with E-state index in [1.807, 2.05) is 0 Å². The minimum Gasteiger partial charge on any atom is -0.872 e. The molecule has 118 valence electrons. The summed E-state index contributed by atoms with van der Waals surface area (Å²) in [4.78, 5) is 12.2. The van der Waals surface area contributed by atoms with Crippen molar-refractivity contribution in [3.63, 3.8) is 0 Å². The summed E-state index contributed by atoms with van der Waals surface area (Å²) in [7, 11) is 0. The van der Waals surface area contributed by atoms with E-state index >= 15 is 0 Å². The maximum atomic E-state index is 12.2. The lowest BCUT2D eigenvalue weighted by molar-refractivity contribution is -0.268. The van der Waals surface area contributed by atoms with Gasteiger partial charge in [-0.05, 0) is 32.0 Å². The molecule has 0 aliphatic carbocycles. The van der Waals surface area contributed by atoms with Crippen molar-refractivity contribution in [1.82, 2.24) is 0 Å². The summed E-state index contributed by atoms with van der Waals surface area (Å²) in [5.41, 5.74) is 1.22. The second-order valence-corrected chi connectivity index (χ2v) is 5.50. The van der Waals surface area contributed by atoms with E-state index < -0.39 is 5.97 Å². The summed E-state index contributed by atoms with van der Waals surface area (Å²) in [5.74, 6) is -0.194. The summed E-state index contributed by atoms with van der Waals surface area (Å²) in [6, 6.07) is 10.7. The molecular weight excluding hydrogens is 296 g/mol. The molecule has 0 bridgehead atoms. The molecule has 0 atom stereocenters. The van der Waals surface area contributed by atoms with Gasteiger partial charge in [-0.15, -0.1) is 5.75 Å². The molecule has 0 fully saturated rings. The van der Waals surface area contributed by atoms with Crippen LogP contribution in [0.15, 0.2) is 46.9 Å². The molecule has 0 saturated heterocycles. The molecule has 5 heteroatoms. The molecule has 23 heavy (non-hydrogen) atoms. The van der Waals surface area contributed by atoms with Crippen LogP contribution in [0.4, 0.5) is 0 Å². The highest BCUT2D eigenvalue weighted by Crippen LogP contribution is 2.33. The maximum Gasteiger partial charge on any atom is 0.342 e. The summed E-state index contributed by atoms with van der Waals surface area (Å²) in [6.45, 7) is 3.49. The number of furan rings is 1. The Balaban J connectivity index is 2.11. The molecule has 0 saturated carbocycles. The van der Waals surface area contributed by atoms with E-state index in [1.165, 1.54) is 24.3 Å². The van der Waals surface area contributed by atoms with E-state index in [0.717, 1.165) is 0 Å². The van der Waals surface area contributed by atoms with Crippen LogP contribution in [-0.4, -0.2) is 17.2 Å². The van der Waals surface area contributed by atoms with Crippen LogP contribution in [-0.2, 0) is 4.74 Å². The van der Waals surface area contributed by atoms with Crippen molar-refractivity contribution in [3.05, 3.63) is 48.0 Å². The van der Waals surface area contributed by atoms with Crippen LogP contribution in [0.25, 0.3) is 22.3 Å². The Morgan fingerprint density at radius 1 is 1.17 bits per heavy atom. The number of phenols is 1. The Morgan fingerprint density at radius 2 is 1.87 bits per heavy atom. The average Bonchev–Trinajstić information content (AvgIpc) is 2.89. The van der Waals surface area contributed by atoms with Crippen LogP contribution in [0, 0.1) is 0 Å². The van der Waals surface area contributed by atoms with E-state index in [-0.39, 0.29) is 23.2 Å². The van der Waals surface area contributed by atoms with Gasteiger partial charge in [0.1, 0.15) is 22.7 Å². The predicted octanol–water partition coefficient (Wildman–Crippen LogP) is 3.44. The lowest BCUT2D eigenvalue weighted by atomic mass is 10.1. The summed E-state index contributed by atoms with van der Waals surface area (Å²) in [5, 5.41) is 21.6. The molecule has 2 aromatic carbocycles. The Kier molecular flexibility index (Phi) is 3.70. The van der Waals surface area contributed by atoms with Crippen LogP contribution in [0.5, 0.6) is 11.5 Å². The van der Waals surface area contributed by atoms with Gasteiger partial charge >= 0.3 is 5.97 Å². The summed E-state index contributed by atoms with van der Waals surface area (Å²) >= 11 is 0. The molecule has 3 aromatic rings. The number of hydrogen-bond acceptors (Lipinski definition) is 5. The topological polar surface area (TPSA) is 82.7 Å². The number of phenolic OH excluding ortho intramolecular Hbond substituents is 1. The number of rotatable bonds is 3. The van der Waals surface area contributed by atoms with E-state index in [9.17, 15) is 15.0 Å². The molecule has 3 rings (SSSR count). The van der Waals surface area contributed by atoms with Crippen molar-refractivity contribution < 1.29 is 24.2 Å². The van der Waals surface area contributed by atoms with Crippen LogP contribution >= 0.6 is 0 Å². The third kappa shape index (κ3) is 2.99. The monoisotopic (exact) mass is 311 g/mol. The second-order valence-electron chi connectivity index (χ2n) is 5.50. The largest absolute Gasteiger partial charge is 0.872 e. The van der Waals surface area contributed by atoms with Crippen molar-refractivity contribution in [2.75, 3.05) is 0 Å². The zero-order valence-electron chi connectivity index (χ0n) is 12.7. The van der Waals surface area contributed by atoms with Gasteiger partial charge in [0.2, 0.25) is 0 Å². The van der Waals surface area contributed by atoms with Gasteiger partial charge in [0.15, 0.2) is 0 Å². The first-order valence-corrected chi connectivity index (χ1v) is 7.19. The van der Waals surface area contributed by atoms with Crippen molar-refractivity contribution in [2.24, 2.45) is 0 Å². The highest BCUT2D eigenvalue weighted by molar-refractivity contribution is 6.03. The Morgan fingerprint density at radius 3 is 2.52 bits per heavy atom. The first-order valence-electron chi connectivity index (χ1n) is 7.19. The van der Waals surface area contributed by atoms with Gasteiger partial charge in [0.05, 0.1) is 6.10 Å². The van der Waals surface area contributed by atoms with Crippen LogP contribution in [0.3, 0.4) is 0 Å². The highest BCUT2D eigenvalue weighted by atomic mass is 16.5. The third-order valence-corrected chi connectivity index (χ3v) is 3.30. The molecule has 0 amide bonds. The van der Waals surface area contributed by atoms with Gasteiger partial charge in [-0.2, -0.15) is 0 Å². The molecule has 0 aliphatic heterocycles. The minimum absolute atomic E-state index is 0.0459. The fourth-order valence-electron chi connectivity index (χ4n) is 2.33. The molecule has 0 unspecified atom stereocenters. The normalized spacial score (nSPS) is 11.1. The SMILES string of the molecule is CC(C)OC(=O)c1cc(O)cc2cc(-c3ccc([O-])cc3)oc12. The van der Waals surface area contributed by atoms with Gasteiger partial charge in [0, 0.05) is 10.9 Å². The fourth-order valence-corrected chi connectivity index (χ4v) is 2.33. The smallest absolute Gasteiger partial charge is 0.342 e. The summed E-state index contributed by atoms with van der Waals surface area (Å²) < 4.78 is 10.9. The summed E-state index contributed by atoms with van der Waals surface area (Å²) in [6.07, 6.45) is -0.279. The molecule has 1 heterocycles. The lowest BCUT2D eigenvalue weighted by Crippen LogP contribution is -2.11. The number of fused-ring (bicyclic) bond motifs is 1. The number of ether oxygens (including phenoxy) is 1. The van der Waals surface area contributed by atoms with Gasteiger partial charge in [-0.25, -0.2) is 4.79 Å². The number of esters is 1. The Hall–Kier alpha value is -2.95. The van der Waals surface area contributed by atoms with E-state index in [4.69, 9.17) is 9.15 Å². The van der Waals surface area contributed by atoms with Crippen molar-refractivity contribution in [2.45, 2.75) is 20.0 Å². The van der Waals surface area contributed by atoms with Crippen LogP contribution in [0.2, 0.25) is 0 Å². The zero-order chi connectivity index (χ0) is 16.6. The first-order chi connectivity index (χ1) is 10.9. The highest BCUT2D eigenvalue weighted by Gasteiger charge is 2.19. The van der Waals surface area contributed by atoms with Gasteiger partial charge in [-0.3, -0.25) is 0 Å². The lowest BCUT2D eigenvalue weighted by Gasteiger charge is -2.08. The Bertz CT molecular complexity index is 859. The minimum atomic E-state index is -0.559. The molecule has 1 aromatic heterocycles. The number of benzene rings is 2. The van der Waals surface area contributed by atoms with Crippen LogP contribution < -0.4 is 5.11 Å². The number of hydrogen-bond donors (Lipinski definition) is 1. The predicted molar refractivity (Wildman–Crippen MR) is 83.3 cm³/mol. The standard InChI is InChI=1S/C18H16O5/c1-10(2)22-18(21)15-9-14(20)7-12-8-16(23-17(12)15)11-3-5-13(19)6-4-11/h3-10,19-20H,1-2H3/p-1. The maximum absolute atomic E-state index is 12.2. The van der Waals surface area contributed by atoms with Crippen LogP contribution in [0.1, 0.15) is 24.2 Å². The van der Waals surface area contributed by atoms with Crippen molar-refractivity contribution in [1.29, 1.82) is 0 Å². The van der Waals surface area contributed by atoms with Crippen molar-refractivity contribution in [3.8, 4) is 22.8 Å². The molecule has 0 spiro atoms. The molecular formula is C18H15O5-. The number of carbonyl (C=O) groups is 1. The Labute approximate surface area is 132 Å². The number of aromatic hydroxyl groups is 1. The molecule has 0 radical (unpaired) electrons. The van der Waals surface area contributed by atoms with Gasteiger partial charge < -0.3 is 19.4 Å². The van der Waals surface area contributed by atoms with Gasteiger partial charge in [0.25, 0.3) is 0 Å². The fraction of sp³-hybridized carbons (Fsp3) is 0.167. The quantitative estimate of drug-likeness (QED) is 0.749. The first kappa shape index (κ1) is 15.0. The van der Waals surface area contributed by atoms with E-state index in [0.29, 0.717) is 22.3 Å². The number of carbonyl (C=O) groups excluding carboxylic acids is 1. The molecule has 5 nitrogen and oxygen atoms in total. The molecule has 0 aliphatic rings. The van der Waals surface area contributed by atoms with E-state index in [2.05, 4.69) is 0 Å². The zero-order valence-corrected chi connectivity index (χ0v) is 12.7.